The lowest BCUT2D eigenvalue weighted by atomic mass is 9.92. The van der Waals surface area contributed by atoms with Crippen LogP contribution in [0.5, 0.6) is 0 Å². The van der Waals surface area contributed by atoms with Gasteiger partial charge in [0.1, 0.15) is 24.8 Å². The van der Waals surface area contributed by atoms with Crippen LogP contribution in [0.4, 0.5) is 31.1 Å². The molecule has 2 aromatic carbocycles. The van der Waals surface area contributed by atoms with Gasteiger partial charge in [-0.05, 0) is 67.0 Å². The molecule has 2 heterocycles. The van der Waals surface area contributed by atoms with Crippen LogP contribution in [0, 0.1) is 11.2 Å². The Morgan fingerprint density at radius 1 is 1.11 bits per heavy atom. The zero-order chi connectivity index (χ0) is 39.5. The predicted octanol–water partition coefficient (Wildman–Crippen LogP) is 7.81. The Labute approximate surface area is 311 Å². The zero-order valence-electron chi connectivity index (χ0n) is 29.6. The molecule has 2 aromatic heterocycles. The molecule has 0 saturated heterocycles. The molecule has 3 N–H and O–H groups in total. The van der Waals surface area contributed by atoms with Crippen LogP contribution in [0.1, 0.15) is 87.2 Å². The van der Waals surface area contributed by atoms with E-state index in [2.05, 4.69) is 20.2 Å². The number of hydrogen-bond donors (Lipinski definition) is 2. The Morgan fingerprint density at radius 3 is 2.46 bits per heavy atom. The number of halogens is 7. The molecule has 0 aliphatic heterocycles. The van der Waals surface area contributed by atoms with Crippen LogP contribution in [0.15, 0.2) is 60.1 Å². The van der Waals surface area contributed by atoms with Gasteiger partial charge in [0.15, 0.2) is 11.8 Å². The molecule has 1 fully saturated rings. The Morgan fingerprint density at radius 2 is 1.83 bits per heavy atom. The van der Waals surface area contributed by atoms with Gasteiger partial charge in [-0.15, -0.1) is 0 Å². The lowest BCUT2D eigenvalue weighted by molar-refractivity contribution is -0.150. The summed E-state index contributed by atoms with van der Waals surface area (Å²) in [5, 5.41) is 9.75. The van der Waals surface area contributed by atoms with E-state index in [1.165, 1.54) is 30.3 Å². The van der Waals surface area contributed by atoms with E-state index >= 15 is 4.39 Å². The number of aromatic nitrogens is 5. The standard InChI is InChI=1S/C35H38ClF6N9O3/c1-19(35(40,41)42)48-33(53)54-17-28(21-6-10-25(36)27(14-21)51-30(29(38)39)45-18-47-51)50(32(43)44-12-11-34(2,3)4)31(52)24-9-5-20(13-26(24)37)22-15-46-49(16-22)23-7-8-23/h5-6,9-10,13-16,18-19,23,28-29H,7-8,11-12,17H2,1-4H3,(H2,43,44)(H,48,53)/t19-,28+/m0/s1. The van der Waals surface area contributed by atoms with Crippen LogP contribution in [0.25, 0.3) is 16.8 Å². The van der Waals surface area contributed by atoms with Crippen molar-refractivity contribution in [2.24, 2.45) is 16.1 Å². The van der Waals surface area contributed by atoms with E-state index < -0.39 is 66.5 Å². The van der Waals surface area contributed by atoms with Crippen molar-refractivity contribution in [1.29, 1.82) is 0 Å². The molecule has 1 aliphatic rings. The Balaban J connectivity index is 1.59. The second-order valence-corrected chi connectivity index (χ2v) is 14.3. The molecular weight excluding hydrogens is 744 g/mol. The van der Waals surface area contributed by atoms with Crippen molar-refractivity contribution in [2.75, 3.05) is 13.2 Å². The average molecular weight is 782 g/mol. The van der Waals surface area contributed by atoms with Crippen LogP contribution >= 0.6 is 11.6 Å². The molecule has 1 saturated carbocycles. The minimum absolute atomic E-state index is 0.0219. The topological polar surface area (TPSA) is 146 Å². The van der Waals surface area contributed by atoms with Gasteiger partial charge in [0.25, 0.3) is 12.3 Å². The first kappa shape index (κ1) is 40.1. The van der Waals surface area contributed by atoms with Gasteiger partial charge in [0, 0.05) is 18.3 Å². The highest BCUT2D eigenvalue weighted by atomic mass is 35.5. The third kappa shape index (κ3) is 9.69. The number of guanidine groups is 1. The average Bonchev–Trinajstić information content (AvgIpc) is 3.59. The van der Waals surface area contributed by atoms with E-state index in [-0.39, 0.29) is 34.3 Å². The van der Waals surface area contributed by atoms with Crippen molar-refractivity contribution >= 4 is 29.6 Å². The third-order valence-electron chi connectivity index (χ3n) is 8.52. The van der Waals surface area contributed by atoms with Gasteiger partial charge in [-0.25, -0.2) is 27.6 Å². The number of alkyl halides is 5. The molecule has 290 valence electrons. The monoisotopic (exact) mass is 781 g/mol. The van der Waals surface area contributed by atoms with Crippen LogP contribution in [0.2, 0.25) is 5.02 Å². The summed E-state index contributed by atoms with van der Waals surface area (Å²) in [6.07, 6.45) is -2.74. The molecule has 1 aliphatic carbocycles. The van der Waals surface area contributed by atoms with E-state index in [0.717, 1.165) is 34.8 Å². The number of amides is 2. The normalized spacial score (nSPS) is 14.9. The maximum absolute atomic E-state index is 16.0. The number of nitrogens with zero attached hydrogens (tertiary/aromatic N) is 7. The first-order valence-electron chi connectivity index (χ1n) is 16.8. The van der Waals surface area contributed by atoms with Gasteiger partial charge in [-0.3, -0.25) is 19.4 Å². The lowest BCUT2D eigenvalue weighted by Gasteiger charge is -2.32. The summed E-state index contributed by atoms with van der Waals surface area (Å²) in [6.45, 7) is 5.75. The number of carbonyl (C=O) groups is 2. The fourth-order valence-corrected chi connectivity index (χ4v) is 5.47. The minimum atomic E-state index is -4.81. The van der Waals surface area contributed by atoms with Gasteiger partial charge in [0.05, 0.1) is 34.6 Å². The molecule has 2 atom stereocenters. The molecule has 54 heavy (non-hydrogen) atoms. The SMILES string of the molecule is C[C@H](NC(=O)OC[C@H](c1ccc(Cl)c(-n2ncnc2C(F)F)c1)N(C(=O)c1ccc(-c2cnn(C3CC3)c2)cc1F)C(N)=NCCC(C)(C)C)C(F)(F)F. The summed E-state index contributed by atoms with van der Waals surface area (Å²) in [4.78, 5) is 35.9. The summed E-state index contributed by atoms with van der Waals surface area (Å²) in [5.74, 6) is -3.25. The molecular formula is C35H38ClF6N9O3. The minimum Gasteiger partial charge on any atom is -0.447 e. The van der Waals surface area contributed by atoms with Gasteiger partial charge in [0.2, 0.25) is 0 Å². The number of ether oxygens (including phenoxy) is 1. The first-order chi connectivity index (χ1) is 25.3. The number of alkyl carbamates (subject to hydrolysis) is 1. The summed E-state index contributed by atoms with van der Waals surface area (Å²) >= 11 is 6.40. The molecule has 0 spiro atoms. The van der Waals surface area contributed by atoms with Gasteiger partial charge < -0.3 is 15.8 Å². The number of hydrogen-bond acceptors (Lipinski definition) is 7. The second-order valence-electron chi connectivity index (χ2n) is 13.9. The van der Waals surface area contributed by atoms with Crippen molar-refractivity contribution in [3.05, 3.63) is 82.9 Å². The number of rotatable bonds is 12. The Bertz CT molecular complexity index is 2010. The lowest BCUT2D eigenvalue weighted by Crippen LogP contribution is -2.48. The summed E-state index contributed by atoms with van der Waals surface area (Å²) in [6, 6.07) is 4.15. The van der Waals surface area contributed by atoms with Crippen molar-refractivity contribution < 1.29 is 40.7 Å². The molecule has 2 amide bonds. The van der Waals surface area contributed by atoms with Gasteiger partial charge >= 0.3 is 12.3 Å². The van der Waals surface area contributed by atoms with E-state index in [0.29, 0.717) is 24.5 Å². The highest BCUT2D eigenvalue weighted by molar-refractivity contribution is 6.32. The number of nitrogens with two attached hydrogens (primary N) is 1. The number of carbonyl (C=O) groups excluding carboxylic acids is 2. The van der Waals surface area contributed by atoms with Crippen LogP contribution in [-0.4, -0.2) is 72.8 Å². The van der Waals surface area contributed by atoms with Crippen LogP contribution in [-0.2, 0) is 4.74 Å². The van der Waals surface area contributed by atoms with Crippen molar-refractivity contribution in [3.8, 4) is 16.8 Å². The highest BCUT2D eigenvalue weighted by Crippen LogP contribution is 2.36. The van der Waals surface area contributed by atoms with Crippen molar-refractivity contribution in [3.63, 3.8) is 0 Å². The first-order valence-corrected chi connectivity index (χ1v) is 17.2. The van der Waals surface area contributed by atoms with Crippen LogP contribution in [0.3, 0.4) is 0 Å². The molecule has 19 heteroatoms. The maximum atomic E-state index is 16.0. The van der Waals surface area contributed by atoms with Crippen molar-refractivity contribution in [2.45, 2.75) is 77.7 Å². The summed E-state index contributed by atoms with van der Waals surface area (Å²) in [7, 11) is 0. The highest BCUT2D eigenvalue weighted by Gasteiger charge is 2.38. The largest absolute Gasteiger partial charge is 0.447 e. The molecule has 0 radical (unpaired) electrons. The van der Waals surface area contributed by atoms with E-state index in [1.807, 2.05) is 20.8 Å². The number of benzene rings is 2. The predicted molar refractivity (Wildman–Crippen MR) is 187 cm³/mol. The van der Waals surface area contributed by atoms with Crippen LogP contribution < -0.4 is 11.1 Å². The molecule has 12 nitrogen and oxygen atoms in total. The summed E-state index contributed by atoms with van der Waals surface area (Å²) < 4.78 is 91.2. The number of aliphatic imine (C=N–C) groups is 1. The molecule has 0 bridgehead atoms. The van der Waals surface area contributed by atoms with Gasteiger partial charge in [-0.1, -0.05) is 44.5 Å². The molecule has 4 aromatic rings. The van der Waals surface area contributed by atoms with E-state index in [4.69, 9.17) is 22.1 Å². The Hall–Kier alpha value is -5.13. The van der Waals surface area contributed by atoms with E-state index in [9.17, 15) is 31.5 Å². The third-order valence-corrected chi connectivity index (χ3v) is 8.84. The maximum Gasteiger partial charge on any atom is 0.408 e. The van der Waals surface area contributed by atoms with E-state index in [1.54, 1.807) is 22.4 Å². The zero-order valence-corrected chi connectivity index (χ0v) is 30.4. The second kappa shape index (κ2) is 16.1. The molecule has 0 unspecified atom stereocenters. The fourth-order valence-electron chi connectivity index (χ4n) is 5.27. The van der Waals surface area contributed by atoms with Gasteiger partial charge in [-0.2, -0.15) is 23.4 Å². The Kier molecular flexibility index (Phi) is 11.9. The quantitative estimate of drug-likeness (QED) is 0.0848. The molecule has 5 rings (SSSR count). The summed E-state index contributed by atoms with van der Waals surface area (Å²) in [5.41, 5.74) is 6.68. The smallest absolute Gasteiger partial charge is 0.408 e. The van der Waals surface area contributed by atoms with Crippen molar-refractivity contribution in [1.82, 2.24) is 34.8 Å². The fraction of sp³-hybridized carbons (Fsp3) is 0.429. The number of nitrogens with one attached hydrogen (secondary N) is 1.